The smallest absolute Gasteiger partial charge is 0.243 e. The normalized spacial score (nSPS) is 15.2. The van der Waals surface area contributed by atoms with Gasteiger partial charge in [-0.05, 0) is 25.1 Å². The molecule has 0 saturated carbocycles. The van der Waals surface area contributed by atoms with Gasteiger partial charge < -0.3 is 4.90 Å². The Balaban J connectivity index is 1.54. The minimum Gasteiger partial charge on any atom is -0.340 e. The number of nitrogens with zero attached hydrogens (tertiary/aromatic N) is 2. The van der Waals surface area contributed by atoms with Crippen molar-refractivity contribution >= 4 is 44.9 Å². The quantitative estimate of drug-likeness (QED) is 0.604. The zero-order valence-corrected chi connectivity index (χ0v) is 18.8. The molecule has 9 heteroatoms. The number of piperazine rings is 1. The fourth-order valence-corrected chi connectivity index (χ4v) is 5.04. The summed E-state index contributed by atoms with van der Waals surface area (Å²) in [5.74, 6) is -0.230. The minimum absolute atomic E-state index is 0.0698. The highest BCUT2D eigenvalue weighted by atomic mass is 35.5. The third-order valence-corrected chi connectivity index (χ3v) is 7.69. The van der Waals surface area contributed by atoms with Crippen molar-refractivity contribution < 1.29 is 18.0 Å². The summed E-state index contributed by atoms with van der Waals surface area (Å²) in [6.45, 7) is 2.86. The minimum atomic E-state index is -3.72. The lowest BCUT2D eigenvalue weighted by molar-refractivity contribution is -0.132. The van der Waals surface area contributed by atoms with E-state index in [1.54, 1.807) is 17.0 Å². The Bertz CT molecular complexity index is 1050. The maximum Gasteiger partial charge on any atom is 0.243 e. The lowest BCUT2D eigenvalue weighted by atomic mass is 10.0. The van der Waals surface area contributed by atoms with Crippen LogP contribution in [-0.2, 0) is 14.8 Å². The molecular formula is C21H22Cl2N2O4S. The van der Waals surface area contributed by atoms with Crippen molar-refractivity contribution in [3.63, 3.8) is 0 Å². The lowest BCUT2D eigenvalue weighted by Crippen LogP contribution is -2.50. The number of hydrogen-bond donors (Lipinski definition) is 0. The summed E-state index contributed by atoms with van der Waals surface area (Å²) in [5, 5.41) is 0.455. The van der Waals surface area contributed by atoms with Gasteiger partial charge in [0.1, 0.15) is 0 Å². The number of ketones is 1. The van der Waals surface area contributed by atoms with Crippen LogP contribution in [0.4, 0.5) is 0 Å². The highest BCUT2D eigenvalue weighted by Crippen LogP contribution is 2.27. The molecule has 0 N–H and O–H groups in total. The Morgan fingerprint density at radius 2 is 1.53 bits per heavy atom. The van der Waals surface area contributed by atoms with Crippen LogP contribution in [0.3, 0.4) is 0 Å². The largest absolute Gasteiger partial charge is 0.340 e. The molecule has 1 heterocycles. The molecule has 160 valence electrons. The molecule has 0 radical (unpaired) electrons. The second kappa shape index (κ2) is 9.47. The molecular weight excluding hydrogens is 447 g/mol. The van der Waals surface area contributed by atoms with E-state index in [4.69, 9.17) is 23.2 Å². The second-order valence-electron chi connectivity index (χ2n) is 7.15. The van der Waals surface area contributed by atoms with Gasteiger partial charge in [-0.3, -0.25) is 9.59 Å². The average Bonchev–Trinajstić information content (AvgIpc) is 2.74. The molecule has 0 atom stereocenters. The van der Waals surface area contributed by atoms with Gasteiger partial charge in [-0.1, -0.05) is 53.0 Å². The van der Waals surface area contributed by atoms with Gasteiger partial charge in [0.05, 0.1) is 14.9 Å². The van der Waals surface area contributed by atoms with Gasteiger partial charge in [0.2, 0.25) is 15.9 Å². The van der Waals surface area contributed by atoms with Crippen molar-refractivity contribution in [1.29, 1.82) is 0 Å². The number of rotatable bonds is 6. The van der Waals surface area contributed by atoms with Gasteiger partial charge in [0.15, 0.2) is 5.78 Å². The molecule has 1 aliphatic heterocycles. The van der Waals surface area contributed by atoms with E-state index in [1.807, 2.05) is 19.1 Å². The molecule has 0 unspecified atom stereocenters. The first kappa shape index (κ1) is 22.7. The van der Waals surface area contributed by atoms with E-state index in [0.717, 1.165) is 5.56 Å². The first-order valence-corrected chi connectivity index (χ1v) is 11.7. The van der Waals surface area contributed by atoms with Crippen molar-refractivity contribution in [1.82, 2.24) is 9.21 Å². The van der Waals surface area contributed by atoms with Crippen molar-refractivity contribution in [2.45, 2.75) is 24.7 Å². The van der Waals surface area contributed by atoms with Gasteiger partial charge in [-0.15, -0.1) is 0 Å². The van der Waals surface area contributed by atoms with Crippen molar-refractivity contribution in [2.75, 3.05) is 26.2 Å². The van der Waals surface area contributed by atoms with Gasteiger partial charge in [0, 0.05) is 44.6 Å². The zero-order chi connectivity index (χ0) is 21.9. The summed E-state index contributed by atoms with van der Waals surface area (Å²) in [5.41, 5.74) is 1.65. The Hall–Kier alpha value is -1.93. The van der Waals surface area contributed by atoms with Crippen LogP contribution in [0.5, 0.6) is 0 Å². The molecule has 1 aliphatic rings. The molecule has 0 aromatic heterocycles. The molecule has 0 spiro atoms. The molecule has 6 nitrogen and oxygen atoms in total. The maximum absolute atomic E-state index is 12.8. The molecule has 1 fully saturated rings. The second-order valence-corrected chi connectivity index (χ2v) is 9.90. The van der Waals surface area contributed by atoms with Crippen LogP contribution >= 0.6 is 23.2 Å². The SMILES string of the molecule is Cc1ccc(C(=O)CCC(=O)N2CCN(S(=O)(=O)c3ccc(Cl)c(Cl)c3)CC2)cc1. The number of amides is 1. The van der Waals surface area contributed by atoms with Crippen molar-refractivity contribution in [3.8, 4) is 0 Å². The van der Waals surface area contributed by atoms with E-state index < -0.39 is 10.0 Å². The van der Waals surface area contributed by atoms with E-state index in [2.05, 4.69) is 0 Å². The Labute approximate surface area is 186 Å². The van der Waals surface area contributed by atoms with E-state index in [9.17, 15) is 18.0 Å². The summed E-state index contributed by atoms with van der Waals surface area (Å²) in [7, 11) is -3.72. The molecule has 1 saturated heterocycles. The number of halogens is 2. The summed E-state index contributed by atoms with van der Waals surface area (Å²) in [6, 6.07) is 11.4. The Morgan fingerprint density at radius 3 is 2.13 bits per heavy atom. The highest BCUT2D eigenvalue weighted by Gasteiger charge is 2.30. The van der Waals surface area contributed by atoms with E-state index in [-0.39, 0.29) is 65.7 Å². The third-order valence-electron chi connectivity index (χ3n) is 5.06. The Morgan fingerprint density at radius 1 is 0.900 bits per heavy atom. The van der Waals surface area contributed by atoms with Gasteiger partial charge in [0.25, 0.3) is 0 Å². The summed E-state index contributed by atoms with van der Waals surface area (Å²) >= 11 is 11.8. The number of Topliss-reactive ketones (excluding diaryl/α,β-unsaturated/α-hetero) is 1. The topological polar surface area (TPSA) is 74.8 Å². The van der Waals surface area contributed by atoms with E-state index in [0.29, 0.717) is 5.56 Å². The predicted octanol–water partition coefficient (Wildman–Crippen LogP) is 3.80. The Kier molecular flexibility index (Phi) is 7.18. The third kappa shape index (κ3) is 5.21. The van der Waals surface area contributed by atoms with Crippen LogP contribution in [0.1, 0.15) is 28.8 Å². The summed E-state index contributed by atoms with van der Waals surface area (Å²) < 4.78 is 26.9. The van der Waals surface area contributed by atoms with Gasteiger partial charge in [-0.2, -0.15) is 4.31 Å². The number of sulfonamides is 1. The summed E-state index contributed by atoms with van der Waals surface area (Å²) in [4.78, 5) is 26.4. The molecule has 2 aromatic carbocycles. The number of hydrogen-bond acceptors (Lipinski definition) is 4. The number of carbonyl (C=O) groups is 2. The van der Waals surface area contributed by atoms with Gasteiger partial charge in [-0.25, -0.2) is 8.42 Å². The van der Waals surface area contributed by atoms with Crippen LogP contribution in [-0.4, -0.2) is 55.5 Å². The summed E-state index contributed by atoms with van der Waals surface area (Å²) in [6.07, 6.45) is 0.232. The monoisotopic (exact) mass is 468 g/mol. The standard InChI is InChI=1S/C21H22Cl2N2O4S/c1-15-2-4-16(5-3-15)20(26)8-9-21(27)24-10-12-25(13-11-24)30(28,29)17-6-7-18(22)19(23)14-17/h2-7,14H,8-13H2,1H3. The van der Waals surface area contributed by atoms with E-state index >= 15 is 0 Å². The number of carbonyl (C=O) groups excluding carboxylic acids is 2. The molecule has 0 aliphatic carbocycles. The van der Waals surface area contributed by atoms with Crippen LogP contribution in [0.2, 0.25) is 10.0 Å². The molecule has 0 bridgehead atoms. The number of aryl methyl sites for hydroxylation is 1. The molecule has 3 rings (SSSR count). The first-order valence-electron chi connectivity index (χ1n) is 9.51. The van der Waals surface area contributed by atoms with Crippen LogP contribution in [0, 0.1) is 6.92 Å². The zero-order valence-electron chi connectivity index (χ0n) is 16.5. The molecule has 1 amide bonds. The van der Waals surface area contributed by atoms with Crippen LogP contribution < -0.4 is 0 Å². The van der Waals surface area contributed by atoms with Gasteiger partial charge >= 0.3 is 0 Å². The lowest BCUT2D eigenvalue weighted by Gasteiger charge is -2.34. The fourth-order valence-electron chi connectivity index (χ4n) is 3.23. The molecule has 2 aromatic rings. The number of benzene rings is 2. The average molecular weight is 469 g/mol. The maximum atomic E-state index is 12.8. The molecule has 30 heavy (non-hydrogen) atoms. The fraction of sp³-hybridized carbons (Fsp3) is 0.333. The van der Waals surface area contributed by atoms with Crippen molar-refractivity contribution in [3.05, 3.63) is 63.6 Å². The first-order chi connectivity index (χ1) is 14.2. The predicted molar refractivity (Wildman–Crippen MR) is 117 cm³/mol. The van der Waals surface area contributed by atoms with E-state index in [1.165, 1.54) is 22.5 Å². The van der Waals surface area contributed by atoms with Crippen LogP contribution in [0.15, 0.2) is 47.4 Å². The van der Waals surface area contributed by atoms with Crippen LogP contribution in [0.25, 0.3) is 0 Å². The highest BCUT2D eigenvalue weighted by molar-refractivity contribution is 7.89. The van der Waals surface area contributed by atoms with Crippen molar-refractivity contribution in [2.24, 2.45) is 0 Å².